The minimum atomic E-state index is -4.29. The summed E-state index contributed by atoms with van der Waals surface area (Å²) in [5.74, 6) is 0. The highest BCUT2D eigenvalue weighted by atomic mass is 19.4. The van der Waals surface area contributed by atoms with Crippen LogP contribution in [0.1, 0.15) is 33.6 Å². The van der Waals surface area contributed by atoms with Gasteiger partial charge in [0.15, 0.2) is 6.10 Å². The van der Waals surface area contributed by atoms with Crippen LogP contribution in [0.25, 0.3) is 0 Å². The normalized spacial score (nSPS) is 26.8. The van der Waals surface area contributed by atoms with E-state index in [1.54, 1.807) is 0 Å². The Balaban J connectivity index is 2.18. The molecule has 3 atom stereocenters. The Kier molecular flexibility index (Phi) is 5.88. The molecule has 3 unspecified atom stereocenters. The second-order valence-electron chi connectivity index (χ2n) is 5.04. The van der Waals surface area contributed by atoms with Crippen molar-refractivity contribution in [2.45, 2.75) is 64.1 Å². The van der Waals surface area contributed by atoms with Crippen LogP contribution in [0.2, 0.25) is 0 Å². The zero-order valence-electron chi connectivity index (χ0n) is 11.1. The first-order valence-corrected chi connectivity index (χ1v) is 6.36. The van der Waals surface area contributed by atoms with Crippen molar-refractivity contribution in [3.63, 3.8) is 0 Å². The van der Waals surface area contributed by atoms with Crippen LogP contribution < -0.4 is 5.32 Å². The number of rotatable bonds is 6. The average Bonchev–Trinajstić information content (AvgIpc) is 2.69. The highest BCUT2D eigenvalue weighted by Gasteiger charge is 2.38. The van der Waals surface area contributed by atoms with Crippen molar-refractivity contribution in [2.75, 3.05) is 13.2 Å². The summed E-state index contributed by atoms with van der Waals surface area (Å²) >= 11 is 0. The second-order valence-corrected chi connectivity index (χ2v) is 5.04. The van der Waals surface area contributed by atoms with Gasteiger partial charge in [-0.15, -0.1) is 0 Å². The van der Waals surface area contributed by atoms with Crippen molar-refractivity contribution in [1.29, 1.82) is 0 Å². The van der Waals surface area contributed by atoms with Crippen molar-refractivity contribution in [2.24, 2.45) is 0 Å². The molecule has 0 spiro atoms. The smallest absolute Gasteiger partial charge is 0.371 e. The fraction of sp³-hybridized carbons (Fsp3) is 1.00. The molecule has 1 aliphatic rings. The van der Waals surface area contributed by atoms with Gasteiger partial charge < -0.3 is 14.8 Å². The molecule has 18 heavy (non-hydrogen) atoms. The Morgan fingerprint density at radius 3 is 2.39 bits per heavy atom. The highest BCUT2D eigenvalue weighted by Crippen LogP contribution is 2.25. The molecule has 0 aromatic heterocycles. The van der Waals surface area contributed by atoms with Crippen molar-refractivity contribution >= 4 is 0 Å². The Morgan fingerprint density at radius 1 is 1.22 bits per heavy atom. The van der Waals surface area contributed by atoms with Gasteiger partial charge in [-0.2, -0.15) is 13.2 Å². The van der Waals surface area contributed by atoms with Crippen LogP contribution in [0.4, 0.5) is 13.2 Å². The monoisotopic (exact) mass is 269 g/mol. The molecule has 1 heterocycles. The molecule has 0 aliphatic carbocycles. The first-order chi connectivity index (χ1) is 8.29. The van der Waals surface area contributed by atoms with Crippen LogP contribution in [0.5, 0.6) is 0 Å². The van der Waals surface area contributed by atoms with E-state index in [2.05, 4.69) is 5.32 Å². The SMILES string of the molecule is CC(C)NCC1CCC(COC(C)C(F)(F)F)O1. The molecular formula is C12H22F3NO2. The lowest BCUT2D eigenvalue weighted by Gasteiger charge is -2.20. The topological polar surface area (TPSA) is 30.5 Å². The summed E-state index contributed by atoms with van der Waals surface area (Å²) in [5.41, 5.74) is 0. The third-order valence-electron chi connectivity index (χ3n) is 2.94. The maximum absolute atomic E-state index is 12.2. The van der Waals surface area contributed by atoms with Gasteiger partial charge >= 0.3 is 6.18 Å². The summed E-state index contributed by atoms with van der Waals surface area (Å²) in [7, 11) is 0. The summed E-state index contributed by atoms with van der Waals surface area (Å²) in [6, 6.07) is 0.383. The molecule has 0 saturated carbocycles. The summed E-state index contributed by atoms with van der Waals surface area (Å²) in [4.78, 5) is 0. The molecule has 6 heteroatoms. The van der Waals surface area contributed by atoms with Gasteiger partial charge in [-0.25, -0.2) is 0 Å². The fourth-order valence-corrected chi connectivity index (χ4v) is 1.77. The van der Waals surface area contributed by atoms with E-state index in [0.717, 1.165) is 26.3 Å². The Bertz CT molecular complexity index is 246. The first-order valence-electron chi connectivity index (χ1n) is 6.36. The molecule has 1 fully saturated rings. The van der Waals surface area contributed by atoms with Gasteiger partial charge in [0.05, 0.1) is 18.8 Å². The van der Waals surface area contributed by atoms with E-state index >= 15 is 0 Å². The Hall–Kier alpha value is -0.330. The van der Waals surface area contributed by atoms with Gasteiger partial charge in [0.1, 0.15) is 0 Å². The van der Waals surface area contributed by atoms with Crippen LogP contribution in [-0.2, 0) is 9.47 Å². The largest absolute Gasteiger partial charge is 0.414 e. The molecule has 108 valence electrons. The zero-order valence-corrected chi connectivity index (χ0v) is 11.1. The summed E-state index contributed by atoms with van der Waals surface area (Å²) in [5, 5.41) is 3.25. The first kappa shape index (κ1) is 15.7. The van der Waals surface area contributed by atoms with Gasteiger partial charge in [0.25, 0.3) is 0 Å². The van der Waals surface area contributed by atoms with E-state index in [0.29, 0.717) is 6.04 Å². The van der Waals surface area contributed by atoms with Crippen molar-refractivity contribution in [3.05, 3.63) is 0 Å². The lowest BCUT2D eigenvalue weighted by Crippen LogP contribution is -2.34. The molecule has 3 nitrogen and oxygen atoms in total. The van der Waals surface area contributed by atoms with E-state index in [-0.39, 0.29) is 18.8 Å². The molecule has 1 aliphatic heterocycles. The maximum Gasteiger partial charge on any atom is 0.414 e. The van der Waals surface area contributed by atoms with Gasteiger partial charge in [-0.1, -0.05) is 13.8 Å². The number of nitrogens with one attached hydrogen (secondary N) is 1. The summed E-state index contributed by atoms with van der Waals surface area (Å²) < 4.78 is 47.1. The molecule has 1 saturated heterocycles. The highest BCUT2D eigenvalue weighted by molar-refractivity contribution is 4.76. The third kappa shape index (κ3) is 5.54. The van der Waals surface area contributed by atoms with Crippen LogP contribution in [0.15, 0.2) is 0 Å². The van der Waals surface area contributed by atoms with E-state index in [4.69, 9.17) is 9.47 Å². The maximum atomic E-state index is 12.2. The van der Waals surface area contributed by atoms with Gasteiger partial charge in [0, 0.05) is 12.6 Å². The van der Waals surface area contributed by atoms with Gasteiger partial charge in [-0.05, 0) is 19.8 Å². The summed E-state index contributed by atoms with van der Waals surface area (Å²) in [6.45, 7) is 5.86. The number of ether oxygens (including phenoxy) is 2. The Morgan fingerprint density at radius 2 is 1.83 bits per heavy atom. The standard InChI is InChI=1S/C12H22F3NO2/c1-8(2)16-6-10-4-5-11(18-10)7-17-9(3)12(13,14)15/h8-11,16H,4-7H2,1-3H3. The average molecular weight is 269 g/mol. The third-order valence-corrected chi connectivity index (χ3v) is 2.94. The fourth-order valence-electron chi connectivity index (χ4n) is 1.77. The minimum Gasteiger partial charge on any atom is -0.371 e. The van der Waals surface area contributed by atoms with Gasteiger partial charge in [0.2, 0.25) is 0 Å². The molecule has 0 aromatic carbocycles. The van der Waals surface area contributed by atoms with E-state index in [1.165, 1.54) is 0 Å². The van der Waals surface area contributed by atoms with Crippen molar-refractivity contribution in [1.82, 2.24) is 5.32 Å². The molecule has 0 amide bonds. The Labute approximate surface area is 106 Å². The molecular weight excluding hydrogens is 247 g/mol. The van der Waals surface area contributed by atoms with E-state index in [1.807, 2.05) is 13.8 Å². The number of hydrogen-bond donors (Lipinski definition) is 1. The quantitative estimate of drug-likeness (QED) is 0.803. The lowest BCUT2D eigenvalue weighted by molar-refractivity contribution is -0.220. The van der Waals surface area contributed by atoms with Crippen LogP contribution in [-0.4, -0.2) is 43.7 Å². The number of alkyl halides is 3. The van der Waals surface area contributed by atoms with Gasteiger partial charge in [-0.3, -0.25) is 0 Å². The van der Waals surface area contributed by atoms with Crippen molar-refractivity contribution < 1.29 is 22.6 Å². The predicted octanol–water partition coefficient (Wildman–Crippen LogP) is 2.50. The number of halogens is 3. The molecule has 0 bridgehead atoms. The van der Waals surface area contributed by atoms with Crippen LogP contribution >= 0.6 is 0 Å². The van der Waals surface area contributed by atoms with Crippen LogP contribution in [0.3, 0.4) is 0 Å². The van der Waals surface area contributed by atoms with Crippen LogP contribution in [0, 0.1) is 0 Å². The lowest BCUT2D eigenvalue weighted by atomic mass is 10.2. The predicted molar refractivity (Wildman–Crippen MR) is 62.5 cm³/mol. The summed E-state index contributed by atoms with van der Waals surface area (Å²) in [6.07, 6.45) is -4.52. The zero-order chi connectivity index (χ0) is 13.8. The van der Waals surface area contributed by atoms with Crippen molar-refractivity contribution in [3.8, 4) is 0 Å². The number of hydrogen-bond acceptors (Lipinski definition) is 3. The molecule has 1 rings (SSSR count). The molecule has 0 radical (unpaired) electrons. The minimum absolute atomic E-state index is 0.0128. The second kappa shape index (κ2) is 6.73. The van der Waals surface area contributed by atoms with E-state index in [9.17, 15) is 13.2 Å². The molecule has 0 aromatic rings. The van der Waals surface area contributed by atoms with E-state index < -0.39 is 12.3 Å². The molecule has 1 N–H and O–H groups in total.